The van der Waals surface area contributed by atoms with Crippen LogP contribution in [-0.4, -0.2) is 78.1 Å². The fourth-order valence-corrected chi connectivity index (χ4v) is 5.36. The van der Waals surface area contributed by atoms with Gasteiger partial charge in [0, 0.05) is 31.7 Å². The number of nitrogens with zero attached hydrogens (tertiary/aromatic N) is 3. The maximum Gasteiger partial charge on any atom is 0.290 e. The number of rotatable bonds is 8. The predicted molar refractivity (Wildman–Crippen MR) is 125 cm³/mol. The Kier molecular flexibility index (Phi) is 7.11. The lowest BCUT2D eigenvalue weighted by atomic mass is 9.94. The molecule has 0 aliphatic carbocycles. The monoisotopic (exact) mass is 471 g/mol. The third-order valence-electron chi connectivity index (χ3n) is 6.07. The zero-order chi connectivity index (χ0) is 23.5. The molecular formula is C24H29N3O5S. The van der Waals surface area contributed by atoms with Gasteiger partial charge in [-0.25, -0.2) is 4.98 Å². The van der Waals surface area contributed by atoms with Gasteiger partial charge in [-0.2, -0.15) is 0 Å². The van der Waals surface area contributed by atoms with Crippen molar-refractivity contribution in [2.75, 3.05) is 46.5 Å². The number of amides is 1. The Hall–Kier alpha value is -2.75. The quantitative estimate of drug-likeness (QED) is 0.592. The number of para-hydroxylation sites is 1. The van der Waals surface area contributed by atoms with E-state index in [9.17, 15) is 14.7 Å². The molecule has 1 aromatic heterocycles. The molecule has 0 radical (unpaired) electrons. The van der Waals surface area contributed by atoms with E-state index in [1.54, 1.807) is 25.0 Å². The van der Waals surface area contributed by atoms with Crippen LogP contribution in [0.2, 0.25) is 0 Å². The molecular weight excluding hydrogens is 442 g/mol. The van der Waals surface area contributed by atoms with E-state index in [4.69, 9.17) is 9.47 Å². The van der Waals surface area contributed by atoms with Crippen LogP contribution in [0, 0.1) is 13.8 Å². The molecule has 8 nitrogen and oxygen atoms in total. The van der Waals surface area contributed by atoms with Gasteiger partial charge in [-0.15, -0.1) is 11.3 Å². The second-order valence-corrected chi connectivity index (χ2v) is 9.39. The standard InChI is InChI=1S/C24H29N3O5S/c1-15-23(33-16(2)25-15)21(28)19-20(17-7-4-5-8-18(17)31-3)27(24(30)22(19)29)10-6-9-26-11-13-32-14-12-26/h4-5,7-8,20,29H,6,9-14H2,1-3H3/t20-/m1/s1. The first-order valence-corrected chi connectivity index (χ1v) is 11.9. The summed E-state index contributed by atoms with van der Waals surface area (Å²) in [6.07, 6.45) is 0.713. The number of Topliss-reactive ketones (excluding diaryl/α,β-unsaturated/α-hetero) is 1. The second kappa shape index (κ2) is 10.0. The van der Waals surface area contributed by atoms with Crippen molar-refractivity contribution in [3.05, 3.63) is 56.7 Å². The van der Waals surface area contributed by atoms with Crippen molar-refractivity contribution in [2.45, 2.75) is 26.3 Å². The first-order chi connectivity index (χ1) is 15.9. The van der Waals surface area contributed by atoms with E-state index >= 15 is 0 Å². The summed E-state index contributed by atoms with van der Waals surface area (Å²) in [4.78, 5) is 35.5. The number of hydrogen-bond acceptors (Lipinski definition) is 8. The zero-order valence-corrected chi connectivity index (χ0v) is 20.0. The summed E-state index contributed by atoms with van der Waals surface area (Å²) in [5.74, 6) is -0.830. The fourth-order valence-electron chi connectivity index (χ4n) is 4.49. The van der Waals surface area contributed by atoms with Crippen molar-refractivity contribution in [1.82, 2.24) is 14.8 Å². The van der Waals surface area contributed by atoms with E-state index < -0.39 is 17.7 Å². The molecule has 9 heteroatoms. The van der Waals surface area contributed by atoms with Crippen LogP contribution in [0.1, 0.15) is 38.4 Å². The van der Waals surface area contributed by atoms with E-state index in [1.165, 1.54) is 11.3 Å². The minimum Gasteiger partial charge on any atom is -0.503 e. The van der Waals surface area contributed by atoms with E-state index in [2.05, 4.69) is 9.88 Å². The topological polar surface area (TPSA) is 92.2 Å². The Morgan fingerprint density at radius 3 is 2.64 bits per heavy atom. The van der Waals surface area contributed by atoms with Gasteiger partial charge >= 0.3 is 0 Å². The minimum atomic E-state index is -0.729. The summed E-state index contributed by atoms with van der Waals surface area (Å²) in [6.45, 7) is 7.95. The fraction of sp³-hybridized carbons (Fsp3) is 0.458. The highest BCUT2D eigenvalue weighted by Crippen LogP contribution is 2.43. The van der Waals surface area contributed by atoms with Crippen LogP contribution in [0.15, 0.2) is 35.6 Å². The molecule has 1 fully saturated rings. The number of hydrogen-bond donors (Lipinski definition) is 1. The number of benzene rings is 1. The summed E-state index contributed by atoms with van der Waals surface area (Å²) in [5.41, 5.74) is 1.36. The third kappa shape index (κ3) is 4.66. The van der Waals surface area contributed by atoms with E-state index in [1.807, 2.05) is 25.1 Å². The number of aliphatic hydroxyl groups excluding tert-OH is 1. The van der Waals surface area contributed by atoms with E-state index in [-0.39, 0.29) is 11.4 Å². The summed E-state index contributed by atoms with van der Waals surface area (Å²) in [7, 11) is 1.56. The molecule has 33 heavy (non-hydrogen) atoms. The number of aryl methyl sites for hydroxylation is 2. The van der Waals surface area contributed by atoms with Gasteiger partial charge in [-0.1, -0.05) is 18.2 Å². The van der Waals surface area contributed by atoms with Crippen LogP contribution >= 0.6 is 11.3 Å². The smallest absolute Gasteiger partial charge is 0.290 e. The number of aromatic nitrogens is 1. The summed E-state index contributed by atoms with van der Waals surface area (Å²) in [6, 6.07) is 6.58. The summed E-state index contributed by atoms with van der Waals surface area (Å²) < 4.78 is 11.0. The van der Waals surface area contributed by atoms with Gasteiger partial charge in [0.2, 0.25) is 5.78 Å². The second-order valence-electron chi connectivity index (χ2n) is 8.19. The number of thiazole rings is 1. The Labute approximate surface area is 197 Å². The Balaban J connectivity index is 1.67. The first kappa shape index (κ1) is 23.4. The number of ketones is 1. The summed E-state index contributed by atoms with van der Waals surface area (Å²) in [5, 5.41) is 11.6. The number of methoxy groups -OCH3 is 1. The Morgan fingerprint density at radius 2 is 1.97 bits per heavy atom. The number of carbonyl (C=O) groups excluding carboxylic acids is 2. The highest BCUT2D eigenvalue weighted by molar-refractivity contribution is 7.14. The molecule has 176 valence electrons. The molecule has 1 amide bonds. The van der Waals surface area contributed by atoms with Crippen molar-refractivity contribution in [1.29, 1.82) is 0 Å². The average molecular weight is 472 g/mol. The normalized spacial score (nSPS) is 19.4. The maximum absolute atomic E-state index is 13.6. The molecule has 0 unspecified atom stereocenters. The molecule has 2 aliphatic heterocycles. The van der Waals surface area contributed by atoms with Crippen LogP contribution in [-0.2, 0) is 9.53 Å². The highest BCUT2D eigenvalue weighted by atomic mass is 32.1. The Bertz CT molecular complexity index is 1070. The molecule has 1 saturated heterocycles. The lowest BCUT2D eigenvalue weighted by molar-refractivity contribution is -0.129. The molecule has 2 aromatic rings. The predicted octanol–water partition coefficient (Wildman–Crippen LogP) is 3.07. The molecule has 2 aliphatic rings. The molecule has 0 spiro atoms. The molecule has 0 bridgehead atoms. The van der Waals surface area contributed by atoms with E-state index in [0.29, 0.717) is 48.1 Å². The van der Waals surface area contributed by atoms with Gasteiger partial charge in [-0.3, -0.25) is 14.5 Å². The number of aliphatic hydroxyl groups is 1. The van der Waals surface area contributed by atoms with Crippen LogP contribution in [0.25, 0.3) is 0 Å². The SMILES string of the molecule is COc1ccccc1[C@@H]1C(C(=O)c2sc(C)nc2C)=C(O)C(=O)N1CCCN1CCOCC1. The number of carbonyl (C=O) groups is 2. The van der Waals surface area contributed by atoms with Crippen molar-refractivity contribution in [3.63, 3.8) is 0 Å². The third-order valence-corrected chi connectivity index (χ3v) is 7.14. The zero-order valence-electron chi connectivity index (χ0n) is 19.2. The average Bonchev–Trinajstić information content (AvgIpc) is 3.29. The minimum absolute atomic E-state index is 0.0858. The van der Waals surface area contributed by atoms with Crippen LogP contribution in [0.5, 0.6) is 5.75 Å². The lowest BCUT2D eigenvalue weighted by Crippen LogP contribution is -2.39. The van der Waals surface area contributed by atoms with Crippen molar-refractivity contribution >= 4 is 23.0 Å². The molecule has 1 aromatic carbocycles. The molecule has 0 saturated carbocycles. The van der Waals surface area contributed by atoms with Crippen molar-refractivity contribution in [2.24, 2.45) is 0 Å². The molecule has 1 atom stereocenters. The highest BCUT2D eigenvalue weighted by Gasteiger charge is 2.45. The Morgan fingerprint density at radius 1 is 1.24 bits per heavy atom. The largest absolute Gasteiger partial charge is 0.503 e. The van der Waals surface area contributed by atoms with Crippen LogP contribution < -0.4 is 4.74 Å². The lowest BCUT2D eigenvalue weighted by Gasteiger charge is -2.30. The summed E-state index contributed by atoms with van der Waals surface area (Å²) >= 11 is 1.27. The van der Waals surface area contributed by atoms with Gasteiger partial charge < -0.3 is 19.5 Å². The molecule has 3 heterocycles. The number of ether oxygens (including phenoxy) is 2. The van der Waals surface area contributed by atoms with Gasteiger partial charge in [-0.05, 0) is 26.3 Å². The van der Waals surface area contributed by atoms with Gasteiger partial charge in [0.1, 0.15) is 5.75 Å². The van der Waals surface area contributed by atoms with Crippen molar-refractivity contribution < 1.29 is 24.2 Å². The van der Waals surface area contributed by atoms with Gasteiger partial charge in [0.15, 0.2) is 5.76 Å². The van der Waals surface area contributed by atoms with Gasteiger partial charge in [0.25, 0.3) is 5.91 Å². The van der Waals surface area contributed by atoms with Gasteiger partial charge in [0.05, 0.1) is 47.5 Å². The molecule has 1 N–H and O–H groups in total. The van der Waals surface area contributed by atoms with Crippen LogP contribution in [0.4, 0.5) is 0 Å². The first-order valence-electron chi connectivity index (χ1n) is 11.1. The van der Waals surface area contributed by atoms with E-state index in [0.717, 1.165) is 24.6 Å². The molecule has 4 rings (SSSR count). The maximum atomic E-state index is 13.6. The van der Waals surface area contributed by atoms with Crippen LogP contribution in [0.3, 0.4) is 0 Å². The number of morpholine rings is 1. The van der Waals surface area contributed by atoms with Crippen molar-refractivity contribution in [3.8, 4) is 5.75 Å².